The Morgan fingerprint density at radius 3 is 2.31 bits per heavy atom. The lowest BCUT2D eigenvalue weighted by atomic mass is 10.1. The molecule has 2 heteroatoms. The topological polar surface area (TPSA) is 23.5 Å². The summed E-state index contributed by atoms with van der Waals surface area (Å²) >= 11 is 0. The Bertz CT molecular complexity index is 119. The Labute approximate surface area is 81.9 Å². The van der Waals surface area contributed by atoms with Crippen LogP contribution in [0.15, 0.2) is 0 Å². The molecule has 0 radical (unpaired) electrons. The summed E-state index contributed by atoms with van der Waals surface area (Å²) < 4.78 is 0. The van der Waals surface area contributed by atoms with Crippen molar-refractivity contribution in [2.75, 3.05) is 26.2 Å². The summed E-state index contributed by atoms with van der Waals surface area (Å²) in [6.07, 6.45) is 6.50. The van der Waals surface area contributed by atoms with E-state index < -0.39 is 0 Å². The normalized spacial score (nSPS) is 22.6. The van der Waals surface area contributed by atoms with Crippen LogP contribution in [0.2, 0.25) is 0 Å². The summed E-state index contributed by atoms with van der Waals surface area (Å²) in [5, 5.41) is 8.80. The predicted octanol–water partition coefficient (Wildman–Crippen LogP) is 1.88. The number of aliphatic hydroxyl groups excluding tert-OH is 1. The van der Waals surface area contributed by atoms with E-state index in [4.69, 9.17) is 5.11 Å². The first-order valence-electron chi connectivity index (χ1n) is 5.66. The molecule has 0 amide bonds. The van der Waals surface area contributed by atoms with E-state index in [9.17, 15) is 0 Å². The summed E-state index contributed by atoms with van der Waals surface area (Å²) in [7, 11) is 0. The molecule has 1 heterocycles. The molecule has 0 saturated carbocycles. The second-order valence-electron chi connectivity index (χ2n) is 4.33. The lowest BCUT2D eigenvalue weighted by Gasteiger charge is -2.23. The fourth-order valence-corrected chi connectivity index (χ4v) is 2.07. The van der Waals surface area contributed by atoms with Gasteiger partial charge in [-0.05, 0) is 38.3 Å². The molecule has 0 spiro atoms. The second-order valence-corrected chi connectivity index (χ2v) is 4.33. The van der Waals surface area contributed by atoms with Crippen molar-refractivity contribution in [3.63, 3.8) is 0 Å². The molecular formula is C11H23NO. The smallest absolute Gasteiger partial charge is 0.0434 e. The quantitative estimate of drug-likeness (QED) is 0.723. The lowest BCUT2D eigenvalue weighted by molar-refractivity contribution is 0.206. The van der Waals surface area contributed by atoms with E-state index in [-0.39, 0.29) is 0 Å². The zero-order valence-electron chi connectivity index (χ0n) is 8.84. The minimum absolute atomic E-state index is 0.342. The highest BCUT2D eigenvalue weighted by atomic mass is 16.3. The van der Waals surface area contributed by atoms with E-state index in [1.54, 1.807) is 0 Å². The van der Waals surface area contributed by atoms with Crippen LogP contribution in [0, 0.1) is 5.92 Å². The standard InChI is InChI=1S/C11H23NO/c1-11(6-9-13)10-12-7-4-2-3-5-8-12/h11,13H,2-10H2,1H3. The molecule has 2 nitrogen and oxygen atoms in total. The first-order chi connectivity index (χ1) is 6.33. The fourth-order valence-electron chi connectivity index (χ4n) is 2.07. The Balaban J connectivity index is 2.17. The second kappa shape index (κ2) is 6.39. The van der Waals surface area contributed by atoms with E-state index in [0.717, 1.165) is 6.42 Å². The summed E-state index contributed by atoms with van der Waals surface area (Å²) in [6.45, 7) is 6.31. The average Bonchev–Trinajstić information content (AvgIpc) is 2.33. The van der Waals surface area contributed by atoms with Gasteiger partial charge in [0.05, 0.1) is 0 Å². The molecular weight excluding hydrogens is 162 g/mol. The number of hydrogen-bond donors (Lipinski definition) is 1. The average molecular weight is 185 g/mol. The first kappa shape index (κ1) is 11.0. The van der Waals surface area contributed by atoms with Crippen molar-refractivity contribution in [2.24, 2.45) is 5.92 Å². The molecule has 0 aromatic rings. The monoisotopic (exact) mass is 185 g/mol. The van der Waals surface area contributed by atoms with Gasteiger partial charge in [0.15, 0.2) is 0 Å². The largest absolute Gasteiger partial charge is 0.396 e. The van der Waals surface area contributed by atoms with Crippen LogP contribution in [-0.2, 0) is 0 Å². The Morgan fingerprint density at radius 1 is 1.15 bits per heavy atom. The van der Waals surface area contributed by atoms with Crippen molar-refractivity contribution in [3.8, 4) is 0 Å². The predicted molar refractivity (Wildman–Crippen MR) is 55.8 cm³/mol. The van der Waals surface area contributed by atoms with Gasteiger partial charge >= 0.3 is 0 Å². The summed E-state index contributed by atoms with van der Waals surface area (Å²) in [5.41, 5.74) is 0. The van der Waals surface area contributed by atoms with Crippen LogP contribution >= 0.6 is 0 Å². The van der Waals surface area contributed by atoms with Gasteiger partial charge in [0.1, 0.15) is 0 Å². The highest BCUT2D eigenvalue weighted by Crippen LogP contribution is 2.12. The van der Waals surface area contributed by atoms with Gasteiger partial charge in [-0.2, -0.15) is 0 Å². The van der Waals surface area contributed by atoms with Crippen LogP contribution in [0.4, 0.5) is 0 Å². The zero-order valence-corrected chi connectivity index (χ0v) is 8.84. The van der Waals surface area contributed by atoms with Crippen molar-refractivity contribution in [3.05, 3.63) is 0 Å². The molecule has 0 aromatic heterocycles. The lowest BCUT2D eigenvalue weighted by Crippen LogP contribution is -2.29. The van der Waals surface area contributed by atoms with Gasteiger partial charge in [0.25, 0.3) is 0 Å². The molecule has 1 atom stereocenters. The Morgan fingerprint density at radius 2 is 1.77 bits per heavy atom. The van der Waals surface area contributed by atoms with E-state index in [0.29, 0.717) is 12.5 Å². The highest BCUT2D eigenvalue weighted by molar-refractivity contribution is 4.66. The molecule has 13 heavy (non-hydrogen) atoms. The molecule has 1 fully saturated rings. The van der Waals surface area contributed by atoms with E-state index in [1.807, 2.05) is 0 Å². The minimum atomic E-state index is 0.342. The fraction of sp³-hybridized carbons (Fsp3) is 1.00. The van der Waals surface area contributed by atoms with Crippen molar-refractivity contribution in [1.29, 1.82) is 0 Å². The summed E-state index contributed by atoms with van der Waals surface area (Å²) in [5.74, 6) is 0.656. The third kappa shape index (κ3) is 4.63. The van der Waals surface area contributed by atoms with E-state index in [1.165, 1.54) is 45.3 Å². The van der Waals surface area contributed by atoms with Gasteiger partial charge in [-0.1, -0.05) is 19.8 Å². The molecule has 1 unspecified atom stereocenters. The van der Waals surface area contributed by atoms with E-state index >= 15 is 0 Å². The number of rotatable bonds is 4. The molecule has 1 N–H and O–H groups in total. The molecule has 1 aliphatic rings. The van der Waals surface area contributed by atoms with Gasteiger partial charge in [0.2, 0.25) is 0 Å². The van der Waals surface area contributed by atoms with Crippen molar-refractivity contribution in [1.82, 2.24) is 4.90 Å². The van der Waals surface area contributed by atoms with Gasteiger partial charge < -0.3 is 10.0 Å². The van der Waals surface area contributed by atoms with Crippen molar-refractivity contribution in [2.45, 2.75) is 39.0 Å². The Hall–Kier alpha value is -0.0800. The van der Waals surface area contributed by atoms with Crippen LogP contribution in [0.3, 0.4) is 0 Å². The number of aliphatic hydroxyl groups is 1. The SMILES string of the molecule is CC(CCO)CN1CCCCCC1. The third-order valence-corrected chi connectivity index (χ3v) is 2.89. The maximum absolute atomic E-state index is 8.80. The molecule has 0 bridgehead atoms. The number of likely N-dealkylation sites (tertiary alicyclic amines) is 1. The zero-order chi connectivity index (χ0) is 9.52. The molecule has 0 aliphatic carbocycles. The number of hydrogen-bond acceptors (Lipinski definition) is 2. The van der Waals surface area contributed by atoms with Crippen LogP contribution in [0.1, 0.15) is 39.0 Å². The van der Waals surface area contributed by atoms with E-state index in [2.05, 4.69) is 11.8 Å². The maximum Gasteiger partial charge on any atom is 0.0434 e. The molecule has 1 rings (SSSR count). The molecule has 0 aromatic carbocycles. The van der Waals surface area contributed by atoms with Gasteiger partial charge in [0, 0.05) is 13.2 Å². The molecule has 1 aliphatic heterocycles. The van der Waals surface area contributed by atoms with Crippen molar-refractivity contribution < 1.29 is 5.11 Å². The maximum atomic E-state index is 8.80. The number of nitrogens with zero attached hydrogens (tertiary/aromatic N) is 1. The Kier molecular flexibility index (Phi) is 5.40. The minimum Gasteiger partial charge on any atom is -0.396 e. The van der Waals surface area contributed by atoms with Crippen LogP contribution in [0.5, 0.6) is 0 Å². The highest BCUT2D eigenvalue weighted by Gasteiger charge is 2.11. The van der Waals surface area contributed by atoms with Crippen LogP contribution in [0.25, 0.3) is 0 Å². The van der Waals surface area contributed by atoms with Crippen molar-refractivity contribution >= 4 is 0 Å². The van der Waals surface area contributed by atoms with Crippen LogP contribution < -0.4 is 0 Å². The molecule has 1 saturated heterocycles. The molecule has 78 valence electrons. The first-order valence-corrected chi connectivity index (χ1v) is 5.66. The van der Waals surface area contributed by atoms with Crippen LogP contribution in [-0.4, -0.2) is 36.2 Å². The van der Waals surface area contributed by atoms with Gasteiger partial charge in [-0.3, -0.25) is 0 Å². The van der Waals surface area contributed by atoms with Gasteiger partial charge in [-0.15, -0.1) is 0 Å². The third-order valence-electron chi connectivity index (χ3n) is 2.89. The summed E-state index contributed by atoms with van der Waals surface area (Å²) in [6, 6.07) is 0. The van der Waals surface area contributed by atoms with Gasteiger partial charge in [-0.25, -0.2) is 0 Å². The summed E-state index contributed by atoms with van der Waals surface area (Å²) in [4.78, 5) is 2.56.